The number of carbonyl (C=O) groups excluding carboxylic acids is 1. The van der Waals surface area contributed by atoms with E-state index < -0.39 is 5.91 Å². The number of likely N-dealkylation sites (tertiary alicyclic amines) is 1. The summed E-state index contributed by atoms with van der Waals surface area (Å²) in [6.45, 7) is 4.02. The van der Waals surface area contributed by atoms with Crippen molar-refractivity contribution in [2.75, 3.05) is 31.6 Å². The molecule has 1 saturated heterocycles. The molecule has 3 aromatic rings. The normalized spacial score (nSPS) is 16.9. The molecule has 0 radical (unpaired) electrons. The monoisotopic (exact) mass is 431 g/mol. The summed E-state index contributed by atoms with van der Waals surface area (Å²) >= 11 is 0. The van der Waals surface area contributed by atoms with Gasteiger partial charge < -0.3 is 27.5 Å². The van der Waals surface area contributed by atoms with Crippen molar-refractivity contribution in [3.05, 3.63) is 46.3 Å². The van der Waals surface area contributed by atoms with E-state index in [2.05, 4.69) is 11.9 Å². The lowest BCUT2D eigenvalue weighted by atomic mass is 9.90. The highest BCUT2D eigenvalue weighted by Crippen LogP contribution is 2.45. The smallest absolute Gasteiger partial charge is 0.253 e. The van der Waals surface area contributed by atoms with Gasteiger partial charge >= 0.3 is 0 Å². The number of aryl methyl sites for hydroxylation is 1. The molecule has 166 valence electrons. The van der Waals surface area contributed by atoms with Crippen LogP contribution in [0.15, 0.2) is 18.3 Å². The zero-order valence-electron chi connectivity index (χ0n) is 18.5. The van der Waals surface area contributed by atoms with Gasteiger partial charge in [0.1, 0.15) is 5.82 Å². The average molecular weight is 432 g/mol. The Kier molecular flexibility index (Phi) is 4.70. The highest BCUT2D eigenvalue weighted by molar-refractivity contribution is 6.12. The summed E-state index contributed by atoms with van der Waals surface area (Å²) in [6, 6.07) is 3.70. The number of rotatable bonds is 6. The van der Waals surface area contributed by atoms with E-state index in [0.29, 0.717) is 28.5 Å². The molecule has 0 spiro atoms. The number of nitrogens with one attached hydrogen (secondary N) is 1. The van der Waals surface area contributed by atoms with E-state index in [1.54, 1.807) is 12.3 Å². The standard InChI is InChI=1S/C24H29N7O/c1-12-3-6-18(26)16(8-25)21(12)31-22-15(7-13-10-30(2)11-13)20(14-4-5-14)29-9-17(22)19(23(31)27)24(28)32/h3,6,8-9,13-14,25H,4-5,7,10-11,26-27H2,1-2H3,(H2,28,32). The van der Waals surface area contributed by atoms with E-state index in [4.69, 9.17) is 27.6 Å². The minimum atomic E-state index is -0.584. The Morgan fingerprint density at radius 3 is 2.59 bits per heavy atom. The third kappa shape index (κ3) is 3.05. The van der Waals surface area contributed by atoms with Crippen LogP contribution >= 0.6 is 0 Å². The van der Waals surface area contributed by atoms with Crippen LogP contribution in [0.25, 0.3) is 16.6 Å². The second-order valence-electron chi connectivity index (χ2n) is 9.29. The van der Waals surface area contributed by atoms with Crippen molar-refractivity contribution < 1.29 is 4.79 Å². The molecule has 0 atom stereocenters. The van der Waals surface area contributed by atoms with Crippen molar-refractivity contribution in [1.82, 2.24) is 14.5 Å². The fraction of sp³-hybridized carbons (Fsp3) is 0.375. The second kappa shape index (κ2) is 7.34. The molecule has 1 aromatic carbocycles. The first-order valence-corrected chi connectivity index (χ1v) is 11.0. The van der Waals surface area contributed by atoms with Gasteiger partial charge in [0.25, 0.3) is 5.91 Å². The number of anilines is 2. The van der Waals surface area contributed by atoms with Crippen LogP contribution in [-0.4, -0.2) is 46.7 Å². The first-order valence-electron chi connectivity index (χ1n) is 11.0. The van der Waals surface area contributed by atoms with Crippen LogP contribution in [0.4, 0.5) is 11.5 Å². The lowest BCUT2D eigenvalue weighted by Crippen LogP contribution is -2.44. The summed E-state index contributed by atoms with van der Waals surface area (Å²) in [5.74, 6) is 0.652. The topological polar surface area (TPSA) is 140 Å². The van der Waals surface area contributed by atoms with Gasteiger partial charge in [0.05, 0.1) is 16.8 Å². The van der Waals surface area contributed by atoms with Crippen molar-refractivity contribution in [3.8, 4) is 5.69 Å². The van der Waals surface area contributed by atoms with Crippen molar-refractivity contribution in [2.45, 2.75) is 32.1 Å². The van der Waals surface area contributed by atoms with Gasteiger partial charge in [-0.25, -0.2) is 0 Å². The molecule has 32 heavy (non-hydrogen) atoms. The number of amides is 1. The maximum absolute atomic E-state index is 12.5. The molecule has 2 aromatic heterocycles. The summed E-state index contributed by atoms with van der Waals surface area (Å²) in [7, 11) is 2.12. The maximum Gasteiger partial charge on any atom is 0.253 e. The molecule has 1 saturated carbocycles. The van der Waals surface area contributed by atoms with E-state index >= 15 is 0 Å². The molecular weight excluding hydrogens is 402 g/mol. The third-order valence-corrected chi connectivity index (χ3v) is 6.84. The lowest BCUT2D eigenvalue weighted by molar-refractivity contribution is 0.100. The van der Waals surface area contributed by atoms with Gasteiger partial charge in [-0.1, -0.05) is 6.07 Å². The molecule has 3 heterocycles. The van der Waals surface area contributed by atoms with E-state index in [-0.39, 0.29) is 11.4 Å². The summed E-state index contributed by atoms with van der Waals surface area (Å²) < 4.78 is 1.90. The zero-order chi connectivity index (χ0) is 22.7. The minimum absolute atomic E-state index is 0.269. The van der Waals surface area contributed by atoms with Crippen LogP contribution < -0.4 is 17.2 Å². The SMILES string of the molecule is Cc1ccc(N)c(C=N)c1-n1c(N)c(C(N)=O)c2cnc(C3CC3)c(CC3CN(C)C3)c21. The minimum Gasteiger partial charge on any atom is -0.398 e. The number of pyridine rings is 1. The van der Waals surface area contributed by atoms with E-state index in [9.17, 15) is 4.79 Å². The Morgan fingerprint density at radius 2 is 2.00 bits per heavy atom. The Hall–Kier alpha value is -3.39. The van der Waals surface area contributed by atoms with Gasteiger partial charge in [-0.05, 0) is 56.3 Å². The van der Waals surface area contributed by atoms with Gasteiger partial charge in [0.15, 0.2) is 0 Å². The van der Waals surface area contributed by atoms with Crippen molar-refractivity contribution >= 4 is 34.5 Å². The van der Waals surface area contributed by atoms with Gasteiger partial charge in [-0.15, -0.1) is 0 Å². The van der Waals surface area contributed by atoms with Crippen LogP contribution in [0.3, 0.4) is 0 Å². The fourth-order valence-corrected chi connectivity index (χ4v) is 5.19. The molecule has 2 fully saturated rings. The van der Waals surface area contributed by atoms with Crippen LogP contribution in [0.1, 0.15) is 51.5 Å². The molecule has 8 nitrogen and oxygen atoms in total. The quantitative estimate of drug-likeness (QED) is 0.351. The van der Waals surface area contributed by atoms with Gasteiger partial charge in [-0.3, -0.25) is 14.3 Å². The number of nitrogens with two attached hydrogens (primary N) is 3. The van der Waals surface area contributed by atoms with Crippen LogP contribution in [0.2, 0.25) is 0 Å². The Morgan fingerprint density at radius 1 is 1.28 bits per heavy atom. The van der Waals surface area contributed by atoms with Gasteiger partial charge in [0, 0.05) is 53.7 Å². The summed E-state index contributed by atoms with van der Waals surface area (Å²) in [5.41, 5.74) is 24.7. The molecule has 0 unspecified atom stereocenters. The number of benzene rings is 1. The Bertz CT molecular complexity index is 1270. The van der Waals surface area contributed by atoms with Crippen molar-refractivity contribution in [1.29, 1.82) is 5.41 Å². The van der Waals surface area contributed by atoms with Crippen LogP contribution in [-0.2, 0) is 6.42 Å². The Balaban J connectivity index is 1.88. The summed E-state index contributed by atoms with van der Waals surface area (Å²) in [4.78, 5) is 19.6. The zero-order valence-corrected chi connectivity index (χ0v) is 18.5. The second-order valence-corrected chi connectivity index (χ2v) is 9.29. The molecule has 1 aliphatic carbocycles. The van der Waals surface area contributed by atoms with Crippen LogP contribution in [0.5, 0.6) is 0 Å². The molecule has 0 bridgehead atoms. The van der Waals surface area contributed by atoms with Crippen molar-refractivity contribution in [2.24, 2.45) is 11.7 Å². The number of nitrogen functional groups attached to an aromatic ring is 2. The molecule has 1 amide bonds. The molecule has 8 heteroatoms. The highest BCUT2D eigenvalue weighted by atomic mass is 16.1. The average Bonchev–Trinajstić information content (AvgIpc) is 3.51. The number of hydrogen-bond acceptors (Lipinski definition) is 6. The largest absolute Gasteiger partial charge is 0.398 e. The molecule has 7 N–H and O–H groups in total. The number of primary amides is 1. The summed E-state index contributed by atoms with van der Waals surface area (Å²) in [6.07, 6.45) is 6.11. The molecule has 5 rings (SSSR count). The number of hydrogen-bond donors (Lipinski definition) is 4. The maximum atomic E-state index is 12.5. The predicted molar refractivity (Wildman–Crippen MR) is 128 cm³/mol. The summed E-state index contributed by atoms with van der Waals surface area (Å²) in [5, 5.41) is 8.69. The number of aromatic nitrogens is 2. The highest BCUT2D eigenvalue weighted by Gasteiger charge is 2.34. The fourth-order valence-electron chi connectivity index (χ4n) is 5.19. The third-order valence-electron chi connectivity index (χ3n) is 6.84. The van der Waals surface area contributed by atoms with Gasteiger partial charge in [0.2, 0.25) is 0 Å². The van der Waals surface area contributed by atoms with Gasteiger partial charge in [-0.2, -0.15) is 0 Å². The molecule has 2 aliphatic rings. The predicted octanol–water partition coefficient (Wildman–Crippen LogP) is 2.58. The van der Waals surface area contributed by atoms with E-state index in [1.807, 2.05) is 17.6 Å². The van der Waals surface area contributed by atoms with Crippen molar-refractivity contribution in [3.63, 3.8) is 0 Å². The van der Waals surface area contributed by atoms with E-state index in [1.165, 1.54) is 6.21 Å². The lowest BCUT2D eigenvalue weighted by Gasteiger charge is -2.36. The van der Waals surface area contributed by atoms with E-state index in [0.717, 1.165) is 60.4 Å². The number of fused-ring (bicyclic) bond motifs is 1. The number of nitrogens with zero attached hydrogens (tertiary/aromatic N) is 3. The first-order chi connectivity index (χ1) is 15.3. The molecular formula is C24H29N7O. The Labute approximate surface area is 186 Å². The van der Waals surface area contributed by atoms with Crippen LogP contribution in [0, 0.1) is 18.3 Å². The molecule has 1 aliphatic heterocycles. The first kappa shape index (κ1) is 20.5. The number of carbonyl (C=O) groups is 1.